The molecular formula is C14H12Br2ClN3. The van der Waals surface area contributed by atoms with Gasteiger partial charge in [-0.2, -0.15) is 0 Å². The van der Waals surface area contributed by atoms with E-state index in [-0.39, 0.29) is 0 Å². The van der Waals surface area contributed by atoms with Crippen LogP contribution in [-0.2, 0) is 0 Å². The van der Waals surface area contributed by atoms with E-state index in [1.165, 1.54) is 25.7 Å². The zero-order valence-corrected chi connectivity index (χ0v) is 14.5. The van der Waals surface area contributed by atoms with Crippen LogP contribution in [-0.4, -0.2) is 15.0 Å². The molecule has 0 aliphatic heterocycles. The van der Waals surface area contributed by atoms with E-state index in [0.717, 1.165) is 20.2 Å². The third-order valence-corrected chi connectivity index (χ3v) is 5.26. The molecule has 0 aromatic carbocycles. The van der Waals surface area contributed by atoms with Gasteiger partial charge in [-0.05, 0) is 50.8 Å². The molecule has 2 heterocycles. The van der Waals surface area contributed by atoms with Gasteiger partial charge in [-0.25, -0.2) is 9.97 Å². The molecule has 6 heteroatoms. The van der Waals surface area contributed by atoms with Crippen molar-refractivity contribution in [2.75, 3.05) is 0 Å². The van der Waals surface area contributed by atoms with E-state index in [4.69, 9.17) is 16.6 Å². The van der Waals surface area contributed by atoms with Crippen LogP contribution in [0.2, 0.25) is 5.15 Å². The van der Waals surface area contributed by atoms with E-state index in [1.54, 1.807) is 12.4 Å². The molecule has 2 aromatic heterocycles. The number of rotatable bonds is 2. The number of aromatic nitrogens is 3. The maximum Gasteiger partial charge on any atom is 0.162 e. The van der Waals surface area contributed by atoms with Crippen LogP contribution in [0.3, 0.4) is 0 Å². The summed E-state index contributed by atoms with van der Waals surface area (Å²) in [5.74, 6) is 1.11. The predicted molar refractivity (Wildman–Crippen MR) is 86.9 cm³/mol. The molecule has 0 spiro atoms. The SMILES string of the molecule is Clc1nc(-c2cncc(Br)c2)nc(C2CCCC2)c1Br. The first-order valence-electron chi connectivity index (χ1n) is 6.49. The van der Waals surface area contributed by atoms with Crippen molar-refractivity contribution in [3.8, 4) is 11.4 Å². The summed E-state index contributed by atoms with van der Waals surface area (Å²) in [5, 5.41) is 0.469. The summed E-state index contributed by atoms with van der Waals surface area (Å²) in [4.78, 5) is 13.2. The van der Waals surface area contributed by atoms with Crippen LogP contribution in [0.5, 0.6) is 0 Å². The fraction of sp³-hybridized carbons (Fsp3) is 0.357. The molecule has 0 radical (unpaired) electrons. The van der Waals surface area contributed by atoms with Gasteiger partial charge >= 0.3 is 0 Å². The molecule has 1 aliphatic carbocycles. The second-order valence-electron chi connectivity index (χ2n) is 4.91. The highest BCUT2D eigenvalue weighted by molar-refractivity contribution is 9.10. The highest BCUT2D eigenvalue weighted by atomic mass is 79.9. The highest BCUT2D eigenvalue weighted by Crippen LogP contribution is 2.39. The summed E-state index contributed by atoms with van der Waals surface area (Å²) in [6, 6.07) is 1.95. The van der Waals surface area contributed by atoms with Crippen LogP contribution in [0.25, 0.3) is 11.4 Å². The van der Waals surface area contributed by atoms with Gasteiger partial charge in [0.1, 0.15) is 5.15 Å². The van der Waals surface area contributed by atoms with E-state index in [9.17, 15) is 0 Å². The van der Waals surface area contributed by atoms with Gasteiger partial charge in [-0.1, -0.05) is 24.4 Å². The third kappa shape index (κ3) is 2.90. The lowest BCUT2D eigenvalue weighted by Gasteiger charge is -2.13. The van der Waals surface area contributed by atoms with E-state index in [2.05, 4.69) is 41.8 Å². The summed E-state index contributed by atoms with van der Waals surface area (Å²) in [7, 11) is 0. The van der Waals surface area contributed by atoms with Crippen molar-refractivity contribution in [2.45, 2.75) is 31.6 Å². The quantitative estimate of drug-likeness (QED) is 0.616. The lowest BCUT2D eigenvalue weighted by atomic mass is 10.0. The topological polar surface area (TPSA) is 38.7 Å². The molecule has 0 amide bonds. The van der Waals surface area contributed by atoms with Crippen LogP contribution in [0.1, 0.15) is 37.3 Å². The number of hydrogen-bond donors (Lipinski definition) is 0. The molecule has 1 aliphatic rings. The number of halogens is 3. The monoisotopic (exact) mass is 415 g/mol. The molecule has 3 rings (SSSR count). The largest absolute Gasteiger partial charge is 0.263 e. The molecule has 3 nitrogen and oxygen atoms in total. The molecular weight excluding hydrogens is 405 g/mol. The van der Waals surface area contributed by atoms with Crippen molar-refractivity contribution in [3.05, 3.63) is 38.3 Å². The van der Waals surface area contributed by atoms with Crippen LogP contribution in [0.4, 0.5) is 0 Å². The minimum absolute atomic E-state index is 0.469. The van der Waals surface area contributed by atoms with Crippen molar-refractivity contribution in [1.29, 1.82) is 0 Å². The first-order valence-corrected chi connectivity index (χ1v) is 8.45. The van der Waals surface area contributed by atoms with Gasteiger partial charge in [0.25, 0.3) is 0 Å². The van der Waals surface area contributed by atoms with Crippen molar-refractivity contribution < 1.29 is 0 Å². The van der Waals surface area contributed by atoms with Crippen LogP contribution in [0, 0.1) is 0 Å². The Hall–Kier alpha value is -0.520. The highest BCUT2D eigenvalue weighted by Gasteiger charge is 2.23. The average molecular weight is 418 g/mol. The maximum atomic E-state index is 6.26. The molecule has 1 saturated carbocycles. The average Bonchev–Trinajstić information content (AvgIpc) is 2.95. The number of pyridine rings is 1. The van der Waals surface area contributed by atoms with Crippen molar-refractivity contribution in [1.82, 2.24) is 15.0 Å². The summed E-state index contributed by atoms with van der Waals surface area (Å²) in [6.45, 7) is 0. The summed E-state index contributed by atoms with van der Waals surface area (Å²) >= 11 is 13.2. The fourth-order valence-corrected chi connectivity index (χ4v) is 3.61. The van der Waals surface area contributed by atoms with Crippen molar-refractivity contribution in [3.63, 3.8) is 0 Å². The van der Waals surface area contributed by atoms with E-state index in [1.807, 2.05) is 6.07 Å². The van der Waals surface area contributed by atoms with Gasteiger partial charge in [-0.3, -0.25) is 4.98 Å². The first-order chi connectivity index (χ1) is 9.65. The standard InChI is InChI=1S/C14H12Br2ClN3/c15-10-5-9(6-18-7-10)14-19-12(8-3-1-2-4-8)11(16)13(17)20-14/h5-8H,1-4H2. The molecule has 0 N–H and O–H groups in total. The molecule has 104 valence electrons. The second kappa shape index (κ2) is 6.08. The van der Waals surface area contributed by atoms with E-state index in [0.29, 0.717) is 16.9 Å². The van der Waals surface area contributed by atoms with Crippen molar-refractivity contribution in [2.24, 2.45) is 0 Å². The van der Waals surface area contributed by atoms with Crippen LogP contribution in [0.15, 0.2) is 27.4 Å². The minimum atomic E-state index is 0.469. The molecule has 1 fully saturated rings. The molecule has 0 saturated heterocycles. The zero-order valence-electron chi connectivity index (χ0n) is 10.6. The van der Waals surface area contributed by atoms with Gasteiger partial charge in [0.15, 0.2) is 5.82 Å². The van der Waals surface area contributed by atoms with Gasteiger partial charge in [-0.15, -0.1) is 0 Å². The van der Waals surface area contributed by atoms with Gasteiger partial charge in [0.2, 0.25) is 0 Å². The Morgan fingerprint density at radius 1 is 1.10 bits per heavy atom. The minimum Gasteiger partial charge on any atom is -0.263 e. The summed E-state index contributed by atoms with van der Waals surface area (Å²) < 4.78 is 1.73. The number of nitrogens with zero attached hydrogens (tertiary/aromatic N) is 3. The normalized spacial score (nSPS) is 15.8. The van der Waals surface area contributed by atoms with Gasteiger partial charge < -0.3 is 0 Å². The fourth-order valence-electron chi connectivity index (χ4n) is 2.57. The van der Waals surface area contributed by atoms with E-state index < -0.39 is 0 Å². The predicted octanol–water partition coefficient (Wildman–Crippen LogP) is 5.37. The molecule has 0 atom stereocenters. The summed E-state index contributed by atoms with van der Waals surface area (Å²) in [5.41, 5.74) is 1.89. The first kappa shape index (κ1) is 14.4. The lowest BCUT2D eigenvalue weighted by molar-refractivity contribution is 0.690. The zero-order chi connectivity index (χ0) is 14.1. The number of hydrogen-bond acceptors (Lipinski definition) is 3. The Bertz CT molecular complexity index is 642. The molecule has 20 heavy (non-hydrogen) atoms. The van der Waals surface area contributed by atoms with Crippen LogP contribution < -0.4 is 0 Å². The van der Waals surface area contributed by atoms with Crippen LogP contribution >= 0.6 is 43.5 Å². The summed E-state index contributed by atoms with van der Waals surface area (Å²) in [6.07, 6.45) is 8.34. The Morgan fingerprint density at radius 2 is 1.85 bits per heavy atom. The lowest BCUT2D eigenvalue weighted by Crippen LogP contribution is -2.03. The second-order valence-corrected chi connectivity index (χ2v) is 6.98. The van der Waals surface area contributed by atoms with Gasteiger partial charge in [0.05, 0.1) is 10.2 Å². The molecule has 0 unspecified atom stereocenters. The smallest absolute Gasteiger partial charge is 0.162 e. The van der Waals surface area contributed by atoms with E-state index >= 15 is 0 Å². The molecule has 2 aromatic rings. The Labute approximate surface area is 139 Å². The molecule has 0 bridgehead atoms. The van der Waals surface area contributed by atoms with Crippen molar-refractivity contribution >= 4 is 43.5 Å². The van der Waals surface area contributed by atoms with Gasteiger partial charge in [0, 0.05) is 28.3 Å². The third-order valence-electron chi connectivity index (χ3n) is 3.54. The maximum absolute atomic E-state index is 6.26. The Balaban J connectivity index is 2.08. The Kier molecular flexibility index (Phi) is 4.38. The Morgan fingerprint density at radius 3 is 2.55 bits per heavy atom.